The van der Waals surface area contributed by atoms with E-state index in [9.17, 15) is 18.0 Å². The number of fused-ring (bicyclic) bond motifs is 1. The number of benzene rings is 3. The Bertz CT molecular complexity index is 1300. The number of para-hydroxylation sites is 1. The van der Waals surface area contributed by atoms with Crippen molar-refractivity contribution in [1.82, 2.24) is 4.72 Å². The van der Waals surface area contributed by atoms with E-state index in [4.69, 9.17) is 4.74 Å². The summed E-state index contributed by atoms with van der Waals surface area (Å²) in [7, 11) is -4.09. The van der Waals surface area contributed by atoms with Crippen molar-refractivity contribution in [1.29, 1.82) is 0 Å². The number of hydrogen-bond donors (Lipinski definition) is 1. The van der Waals surface area contributed by atoms with Crippen LogP contribution in [0.4, 0.5) is 5.69 Å². The van der Waals surface area contributed by atoms with Gasteiger partial charge in [-0.25, -0.2) is 8.42 Å². The number of anilines is 1. The van der Waals surface area contributed by atoms with Gasteiger partial charge in [-0.05, 0) is 55.8 Å². The number of nitrogens with one attached hydrogen (secondary N) is 1. The van der Waals surface area contributed by atoms with Crippen molar-refractivity contribution in [2.75, 3.05) is 11.4 Å². The van der Waals surface area contributed by atoms with E-state index in [2.05, 4.69) is 4.72 Å². The van der Waals surface area contributed by atoms with Gasteiger partial charge in [-0.3, -0.25) is 9.59 Å². The quantitative estimate of drug-likeness (QED) is 0.581. The molecular formula is C25H26N2O5S. The maximum atomic E-state index is 13.3. The van der Waals surface area contributed by atoms with Crippen LogP contribution in [0.15, 0.2) is 77.7 Å². The molecule has 0 aliphatic carbocycles. The summed E-state index contributed by atoms with van der Waals surface area (Å²) in [6.07, 6.45) is 0. The lowest BCUT2D eigenvalue weighted by atomic mass is 10.0. The first-order valence-electron chi connectivity index (χ1n) is 10.7. The van der Waals surface area contributed by atoms with E-state index in [1.807, 2.05) is 30.3 Å². The van der Waals surface area contributed by atoms with Crippen LogP contribution in [0.1, 0.15) is 20.8 Å². The molecule has 0 aromatic heterocycles. The van der Waals surface area contributed by atoms with Gasteiger partial charge in [0.05, 0.1) is 4.90 Å². The Morgan fingerprint density at radius 2 is 1.61 bits per heavy atom. The summed E-state index contributed by atoms with van der Waals surface area (Å²) in [5, 5.41) is 1.66. The number of hydrogen-bond acceptors (Lipinski definition) is 5. The summed E-state index contributed by atoms with van der Waals surface area (Å²) in [5.41, 5.74) is -0.189. The maximum Gasteiger partial charge on any atom is 0.313 e. The van der Waals surface area contributed by atoms with Crippen molar-refractivity contribution in [3.63, 3.8) is 0 Å². The predicted octanol–water partition coefficient (Wildman–Crippen LogP) is 3.49. The standard InChI is InChI=1S/C25H26N2O5S/c1-25(2,3)32-24(29)21-16-27(19-11-5-4-6-12-19)23(28)22(21)26-33(30,31)20-14-13-17-9-7-8-10-18(17)15-20/h4-15,21-22,26H,16H2,1-3H3/t21-,22-/m0/s1. The third kappa shape index (κ3) is 4.91. The van der Waals surface area contributed by atoms with Gasteiger partial charge in [-0.15, -0.1) is 0 Å². The number of sulfonamides is 1. The van der Waals surface area contributed by atoms with Crippen LogP contribution in [-0.4, -0.2) is 38.5 Å². The lowest BCUT2D eigenvalue weighted by Crippen LogP contribution is -2.47. The van der Waals surface area contributed by atoms with E-state index in [1.54, 1.807) is 57.2 Å². The average Bonchev–Trinajstić information content (AvgIpc) is 3.08. The maximum absolute atomic E-state index is 13.3. The summed E-state index contributed by atoms with van der Waals surface area (Å²) in [6, 6.07) is 19.7. The lowest BCUT2D eigenvalue weighted by molar-refractivity contribution is -0.160. The van der Waals surface area contributed by atoms with Gasteiger partial charge in [0.15, 0.2) is 0 Å². The second kappa shape index (κ2) is 8.61. The number of carbonyl (C=O) groups is 2. The van der Waals surface area contributed by atoms with Crippen LogP contribution >= 0.6 is 0 Å². The van der Waals surface area contributed by atoms with Crippen LogP contribution in [0.2, 0.25) is 0 Å². The van der Waals surface area contributed by atoms with E-state index >= 15 is 0 Å². The van der Waals surface area contributed by atoms with Crippen LogP contribution < -0.4 is 9.62 Å². The molecule has 2 atom stereocenters. The first-order valence-corrected chi connectivity index (χ1v) is 12.1. The van der Waals surface area contributed by atoms with Crippen LogP contribution in [0, 0.1) is 5.92 Å². The van der Waals surface area contributed by atoms with Gasteiger partial charge in [0, 0.05) is 12.2 Å². The zero-order chi connectivity index (χ0) is 23.8. The molecule has 1 heterocycles. The van der Waals surface area contributed by atoms with Crippen LogP contribution in [0.5, 0.6) is 0 Å². The summed E-state index contributed by atoms with van der Waals surface area (Å²) in [4.78, 5) is 27.7. The summed E-state index contributed by atoms with van der Waals surface area (Å²) in [5.74, 6) is -2.12. The van der Waals surface area contributed by atoms with Gasteiger partial charge in [0.1, 0.15) is 17.6 Å². The lowest BCUT2D eigenvalue weighted by Gasteiger charge is -2.24. The highest BCUT2D eigenvalue weighted by atomic mass is 32.2. The largest absolute Gasteiger partial charge is 0.460 e. The molecule has 1 N–H and O–H groups in total. The Labute approximate surface area is 193 Å². The highest BCUT2D eigenvalue weighted by molar-refractivity contribution is 7.89. The predicted molar refractivity (Wildman–Crippen MR) is 126 cm³/mol. The minimum atomic E-state index is -4.09. The molecule has 4 rings (SSSR count). The van der Waals surface area contributed by atoms with Gasteiger partial charge < -0.3 is 9.64 Å². The Balaban J connectivity index is 1.68. The van der Waals surface area contributed by atoms with Crippen molar-refractivity contribution >= 4 is 38.4 Å². The van der Waals surface area contributed by atoms with Gasteiger partial charge in [-0.2, -0.15) is 4.72 Å². The van der Waals surface area contributed by atoms with Gasteiger partial charge in [0.25, 0.3) is 0 Å². The molecule has 3 aromatic carbocycles. The number of nitrogens with zero attached hydrogens (tertiary/aromatic N) is 1. The van der Waals surface area contributed by atoms with E-state index in [-0.39, 0.29) is 11.4 Å². The van der Waals surface area contributed by atoms with Crippen molar-refractivity contribution < 1.29 is 22.7 Å². The van der Waals surface area contributed by atoms with E-state index in [1.165, 1.54) is 11.0 Å². The smallest absolute Gasteiger partial charge is 0.313 e. The Hall–Kier alpha value is -3.23. The molecule has 0 saturated carbocycles. The fourth-order valence-electron chi connectivity index (χ4n) is 3.86. The number of amides is 1. The minimum Gasteiger partial charge on any atom is -0.460 e. The van der Waals surface area contributed by atoms with Crippen molar-refractivity contribution in [2.24, 2.45) is 5.92 Å². The molecule has 3 aromatic rings. The molecule has 0 radical (unpaired) electrons. The van der Waals surface area contributed by atoms with Gasteiger partial charge in [0.2, 0.25) is 15.9 Å². The minimum absolute atomic E-state index is 0.0165. The molecule has 33 heavy (non-hydrogen) atoms. The Kier molecular flexibility index (Phi) is 5.99. The third-order valence-electron chi connectivity index (χ3n) is 5.40. The Morgan fingerprint density at radius 3 is 2.27 bits per heavy atom. The molecule has 1 aliphatic rings. The SMILES string of the molecule is CC(C)(C)OC(=O)[C@H]1CN(c2ccccc2)C(=O)[C@H]1NS(=O)(=O)c1ccc2ccccc2c1. The molecule has 1 amide bonds. The number of carbonyl (C=O) groups excluding carboxylic acids is 2. The Morgan fingerprint density at radius 1 is 0.970 bits per heavy atom. The fraction of sp³-hybridized carbons (Fsp3) is 0.280. The third-order valence-corrected chi connectivity index (χ3v) is 6.84. The first-order chi connectivity index (χ1) is 15.5. The summed E-state index contributed by atoms with van der Waals surface area (Å²) < 4.78 is 34.5. The van der Waals surface area contributed by atoms with Gasteiger partial charge >= 0.3 is 5.97 Å². The second-order valence-electron chi connectivity index (χ2n) is 9.03. The summed E-state index contributed by atoms with van der Waals surface area (Å²) >= 11 is 0. The molecule has 8 heteroatoms. The van der Waals surface area contributed by atoms with Crippen LogP contribution in [0.3, 0.4) is 0 Å². The molecule has 7 nitrogen and oxygen atoms in total. The normalized spacial score (nSPS) is 19.1. The highest BCUT2D eigenvalue weighted by Gasteiger charge is 2.48. The molecule has 0 unspecified atom stereocenters. The first kappa shape index (κ1) is 22.9. The molecule has 1 fully saturated rings. The van der Waals surface area contributed by atoms with Crippen LogP contribution in [-0.2, 0) is 24.3 Å². The van der Waals surface area contributed by atoms with Crippen molar-refractivity contribution in [3.05, 3.63) is 72.8 Å². The average molecular weight is 467 g/mol. The molecule has 0 spiro atoms. The molecule has 0 bridgehead atoms. The van der Waals surface area contributed by atoms with E-state index < -0.39 is 39.5 Å². The second-order valence-corrected chi connectivity index (χ2v) is 10.7. The topological polar surface area (TPSA) is 92.8 Å². The number of rotatable bonds is 5. The van der Waals surface area contributed by atoms with Gasteiger partial charge in [-0.1, -0.05) is 48.5 Å². The highest BCUT2D eigenvalue weighted by Crippen LogP contribution is 2.29. The fourth-order valence-corrected chi connectivity index (χ4v) is 5.13. The monoisotopic (exact) mass is 466 g/mol. The van der Waals surface area contributed by atoms with Crippen molar-refractivity contribution in [3.8, 4) is 0 Å². The number of esters is 1. The molecule has 172 valence electrons. The molecule has 1 saturated heterocycles. The number of ether oxygens (including phenoxy) is 1. The van der Waals surface area contributed by atoms with E-state index in [0.717, 1.165) is 10.8 Å². The van der Waals surface area contributed by atoms with Crippen molar-refractivity contribution in [2.45, 2.75) is 37.3 Å². The zero-order valence-corrected chi connectivity index (χ0v) is 19.5. The zero-order valence-electron chi connectivity index (χ0n) is 18.7. The molecule has 1 aliphatic heterocycles. The van der Waals surface area contributed by atoms with Crippen LogP contribution in [0.25, 0.3) is 10.8 Å². The van der Waals surface area contributed by atoms with E-state index in [0.29, 0.717) is 5.69 Å². The molecular weight excluding hydrogens is 440 g/mol. The summed E-state index contributed by atoms with van der Waals surface area (Å²) in [6.45, 7) is 5.20.